The highest BCUT2D eigenvalue weighted by Gasteiger charge is 2.38. The number of hydrogen-bond donors (Lipinski definition) is 2. The van der Waals surface area contributed by atoms with Crippen LogP contribution >= 0.6 is 12.4 Å². The minimum absolute atomic E-state index is 0. The summed E-state index contributed by atoms with van der Waals surface area (Å²) in [4.78, 5) is 12.6. The van der Waals surface area contributed by atoms with Crippen LogP contribution < -0.4 is 15.8 Å². The van der Waals surface area contributed by atoms with Crippen molar-refractivity contribution in [3.63, 3.8) is 0 Å². The van der Waals surface area contributed by atoms with E-state index in [9.17, 15) is 4.79 Å². The number of rotatable bonds is 5. The molecule has 1 aromatic rings. The van der Waals surface area contributed by atoms with Gasteiger partial charge < -0.3 is 20.5 Å². The summed E-state index contributed by atoms with van der Waals surface area (Å²) in [7, 11) is 1.71. The Morgan fingerprint density at radius 3 is 2.69 bits per heavy atom. The number of nitrogens with two attached hydrogens (primary N) is 1. The summed E-state index contributed by atoms with van der Waals surface area (Å²) in [5.41, 5.74) is 8.21. The number of carbonyl (C=O) groups is 1. The third kappa shape index (κ3) is 4.51. The molecule has 26 heavy (non-hydrogen) atoms. The Bertz CT molecular complexity index is 617. The summed E-state index contributed by atoms with van der Waals surface area (Å²) >= 11 is 0. The van der Waals surface area contributed by atoms with Crippen molar-refractivity contribution in [3.8, 4) is 5.75 Å². The van der Waals surface area contributed by atoms with Crippen molar-refractivity contribution >= 4 is 18.3 Å². The molecule has 0 radical (unpaired) electrons. The number of amides is 1. The van der Waals surface area contributed by atoms with Gasteiger partial charge in [0.25, 0.3) is 0 Å². The molecule has 1 aromatic carbocycles. The molecule has 146 valence electrons. The molecule has 0 bridgehead atoms. The summed E-state index contributed by atoms with van der Waals surface area (Å²) < 4.78 is 11.2. The predicted molar refractivity (Wildman–Crippen MR) is 105 cm³/mol. The van der Waals surface area contributed by atoms with Crippen LogP contribution in [0.4, 0.5) is 0 Å². The van der Waals surface area contributed by atoms with Crippen LogP contribution in [0.1, 0.15) is 43.2 Å². The first-order valence-electron chi connectivity index (χ1n) is 9.30. The summed E-state index contributed by atoms with van der Waals surface area (Å²) in [6.45, 7) is 4.14. The third-order valence-electron chi connectivity index (χ3n) is 5.82. The second-order valence-corrected chi connectivity index (χ2v) is 7.58. The number of benzene rings is 1. The lowest BCUT2D eigenvalue weighted by molar-refractivity contribution is -0.125. The van der Waals surface area contributed by atoms with Gasteiger partial charge >= 0.3 is 0 Å². The van der Waals surface area contributed by atoms with E-state index in [-0.39, 0.29) is 35.7 Å². The van der Waals surface area contributed by atoms with Crippen molar-refractivity contribution in [1.82, 2.24) is 5.32 Å². The maximum Gasteiger partial charge on any atom is 0.223 e. The molecule has 2 unspecified atom stereocenters. The van der Waals surface area contributed by atoms with Crippen LogP contribution in [0.5, 0.6) is 5.75 Å². The van der Waals surface area contributed by atoms with Gasteiger partial charge in [-0.2, -0.15) is 0 Å². The summed E-state index contributed by atoms with van der Waals surface area (Å²) in [6, 6.07) is 6.46. The molecular formula is C20H31ClN2O3. The minimum atomic E-state index is -0.133. The van der Waals surface area contributed by atoms with E-state index in [0.29, 0.717) is 19.8 Å². The van der Waals surface area contributed by atoms with E-state index in [1.807, 2.05) is 6.07 Å². The zero-order chi connectivity index (χ0) is 17.9. The van der Waals surface area contributed by atoms with E-state index >= 15 is 0 Å². The normalized spacial score (nSPS) is 24.6. The van der Waals surface area contributed by atoms with Gasteiger partial charge in [0, 0.05) is 42.7 Å². The summed E-state index contributed by atoms with van der Waals surface area (Å²) in [6.07, 6.45) is 4.42. The van der Waals surface area contributed by atoms with Gasteiger partial charge in [0.05, 0.1) is 7.11 Å². The Hall–Kier alpha value is -1.30. The lowest BCUT2D eigenvalue weighted by atomic mass is 9.73. The van der Waals surface area contributed by atoms with E-state index in [2.05, 4.69) is 24.4 Å². The van der Waals surface area contributed by atoms with E-state index in [0.717, 1.165) is 37.9 Å². The van der Waals surface area contributed by atoms with E-state index in [1.165, 1.54) is 11.1 Å². The van der Waals surface area contributed by atoms with Gasteiger partial charge in [-0.05, 0) is 45.1 Å². The van der Waals surface area contributed by atoms with Crippen molar-refractivity contribution in [1.29, 1.82) is 0 Å². The quantitative estimate of drug-likeness (QED) is 0.821. The fourth-order valence-corrected chi connectivity index (χ4v) is 4.19. The zero-order valence-electron chi connectivity index (χ0n) is 15.8. The third-order valence-corrected chi connectivity index (χ3v) is 5.82. The monoisotopic (exact) mass is 382 g/mol. The number of methoxy groups -OCH3 is 1. The Morgan fingerprint density at radius 1 is 1.35 bits per heavy atom. The highest BCUT2D eigenvalue weighted by atomic mass is 35.5. The molecule has 2 aliphatic rings. The van der Waals surface area contributed by atoms with Crippen LogP contribution in [0, 0.1) is 12.8 Å². The van der Waals surface area contributed by atoms with Crippen molar-refractivity contribution in [3.05, 3.63) is 29.3 Å². The van der Waals surface area contributed by atoms with Gasteiger partial charge in [-0.25, -0.2) is 0 Å². The first-order chi connectivity index (χ1) is 12.0. The lowest BCUT2D eigenvalue weighted by Crippen LogP contribution is -2.46. The van der Waals surface area contributed by atoms with Crippen molar-refractivity contribution in [2.24, 2.45) is 11.7 Å². The summed E-state index contributed by atoms with van der Waals surface area (Å²) in [5, 5.41) is 3.22. The SMILES string of the molecule is COc1ccc(C)cc1C1(CNC(=O)C2CCC(N)C2)CCOCC1.Cl. The predicted octanol–water partition coefficient (Wildman–Crippen LogP) is 2.72. The molecule has 3 rings (SSSR count). The minimum Gasteiger partial charge on any atom is -0.496 e. The van der Waals surface area contributed by atoms with E-state index in [1.54, 1.807) is 7.11 Å². The second-order valence-electron chi connectivity index (χ2n) is 7.58. The van der Waals surface area contributed by atoms with Gasteiger partial charge in [-0.3, -0.25) is 4.79 Å². The molecule has 1 heterocycles. The smallest absolute Gasteiger partial charge is 0.223 e. The van der Waals surface area contributed by atoms with E-state index in [4.69, 9.17) is 15.2 Å². The van der Waals surface area contributed by atoms with Gasteiger partial charge in [-0.15, -0.1) is 12.4 Å². The zero-order valence-corrected chi connectivity index (χ0v) is 16.6. The maximum atomic E-state index is 12.6. The maximum absolute atomic E-state index is 12.6. The molecule has 1 amide bonds. The molecule has 0 aromatic heterocycles. The van der Waals surface area contributed by atoms with Crippen LogP contribution in [-0.4, -0.2) is 38.8 Å². The van der Waals surface area contributed by atoms with Crippen molar-refractivity contribution in [2.75, 3.05) is 26.9 Å². The Kier molecular flexibility index (Phi) is 7.33. The number of nitrogens with one attached hydrogen (secondary N) is 1. The Labute approximate surface area is 162 Å². The van der Waals surface area contributed by atoms with Crippen LogP contribution in [-0.2, 0) is 14.9 Å². The highest BCUT2D eigenvalue weighted by Crippen LogP contribution is 2.40. The van der Waals surface area contributed by atoms with Crippen molar-refractivity contribution < 1.29 is 14.3 Å². The van der Waals surface area contributed by atoms with Crippen LogP contribution in [0.2, 0.25) is 0 Å². The van der Waals surface area contributed by atoms with Crippen LogP contribution in [0.25, 0.3) is 0 Å². The molecule has 1 saturated heterocycles. The number of hydrogen-bond acceptors (Lipinski definition) is 4. The molecule has 6 heteroatoms. The first kappa shape index (κ1) is 21.0. The Balaban J connectivity index is 0.00000243. The standard InChI is InChI=1S/C20H30N2O3.ClH/c1-14-3-6-18(24-2)17(11-14)20(7-9-25-10-8-20)13-22-19(23)15-4-5-16(21)12-15;/h3,6,11,15-16H,4-5,7-10,12-13,21H2,1-2H3,(H,22,23);1H. The van der Waals surface area contributed by atoms with Gasteiger partial charge in [0.15, 0.2) is 0 Å². The largest absolute Gasteiger partial charge is 0.496 e. The fraction of sp³-hybridized carbons (Fsp3) is 0.650. The molecule has 1 aliphatic carbocycles. The van der Waals surface area contributed by atoms with Gasteiger partial charge in [0.1, 0.15) is 5.75 Å². The molecule has 0 spiro atoms. The Morgan fingerprint density at radius 2 is 2.08 bits per heavy atom. The average Bonchev–Trinajstić information content (AvgIpc) is 3.07. The van der Waals surface area contributed by atoms with E-state index < -0.39 is 0 Å². The molecule has 5 nitrogen and oxygen atoms in total. The molecule has 3 N–H and O–H groups in total. The first-order valence-corrected chi connectivity index (χ1v) is 9.30. The lowest BCUT2D eigenvalue weighted by Gasteiger charge is -2.39. The van der Waals surface area contributed by atoms with Crippen LogP contribution in [0.3, 0.4) is 0 Å². The molecule has 1 saturated carbocycles. The highest BCUT2D eigenvalue weighted by molar-refractivity contribution is 5.85. The molecule has 2 atom stereocenters. The topological polar surface area (TPSA) is 73.6 Å². The number of halogens is 1. The number of carbonyl (C=O) groups excluding carboxylic acids is 1. The van der Waals surface area contributed by atoms with Crippen LogP contribution in [0.15, 0.2) is 18.2 Å². The molecule has 2 fully saturated rings. The molecule has 1 aliphatic heterocycles. The van der Waals surface area contributed by atoms with Gasteiger partial charge in [-0.1, -0.05) is 17.7 Å². The number of aryl methyl sites for hydroxylation is 1. The second kappa shape index (κ2) is 9.07. The van der Waals surface area contributed by atoms with Gasteiger partial charge in [0.2, 0.25) is 5.91 Å². The molecular weight excluding hydrogens is 352 g/mol. The van der Waals surface area contributed by atoms with Crippen molar-refractivity contribution in [2.45, 2.75) is 50.5 Å². The average molecular weight is 383 g/mol. The number of ether oxygens (including phenoxy) is 2. The summed E-state index contributed by atoms with van der Waals surface area (Å²) in [5.74, 6) is 1.10. The fourth-order valence-electron chi connectivity index (χ4n) is 4.19.